The van der Waals surface area contributed by atoms with Gasteiger partial charge in [0.1, 0.15) is 5.78 Å². The summed E-state index contributed by atoms with van der Waals surface area (Å²) in [7, 11) is 0. The van der Waals surface area contributed by atoms with E-state index in [1.807, 2.05) is 20.8 Å². The molecule has 0 fully saturated rings. The number of unbranched alkanes of at least 4 members (excludes halogenated alkanes) is 3. The van der Waals surface area contributed by atoms with Crippen LogP contribution in [0.3, 0.4) is 0 Å². The Morgan fingerprint density at radius 2 is 1.67 bits per heavy atom. The lowest BCUT2D eigenvalue weighted by Crippen LogP contribution is -2.19. The summed E-state index contributed by atoms with van der Waals surface area (Å²) in [5.74, 6) is 0.362. The fourth-order valence-electron chi connectivity index (χ4n) is 1.34. The summed E-state index contributed by atoms with van der Waals surface area (Å²) in [6, 6.07) is 0. The van der Waals surface area contributed by atoms with Gasteiger partial charge in [0.05, 0.1) is 0 Å². The van der Waals surface area contributed by atoms with Crippen LogP contribution >= 0.6 is 0 Å². The van der Waals surface area contributed by atoms with Crippen molar-refractivity contribution in [3.8, 4) is 0 Å². The molecule has 88 valence electrons. The summed E-state index contributed by atoms with van der Waals surface area (Å²) in [4.78, 5) is 11.6. The van der Waals surface area contributed by atoms with Gasteiger partial charge in [0.25, 0.3) is 0 Å². The van der Waals surface area contributed by atoms with Gasteiger partial charge in [-0.2, -0.15) is 0 Å². The van der Waals surface area contributed by atoms with E-state index in [9.17, 15) is 4.79 Å². The van der Waals surface area contributed by atoms with Gasteiger partial charge in [0, 0.05) is 11.8 Å². The third kappa shape index (κ3) is 8.41. The third-order valence-corrected chi connectivity index (χ3v) is 2.52. The summed E-state index contributed by atoms with van der Waals surface area (Å²) in [5.41, 5.74) is -0.171. The molecule has 1 nitrogen and oxygen atoms in total. The van der Waals surface area contributed by atoms with Crippen LogP contribution in [0.15, 0.2) is 12.2 Å². The molecule has 0 heterocycles. The maximum Gasteiger partial charge on any atom is 0.138 e. The molecule has 0 aliphatic heterocycles. The minimum Gasteiger partial charge on any atom is -0.299 e. The number of ketones is 1. The van der Waals surface area contributed by atoms with Gasteiger partial charge in [-0.25, -0.2) is 0 Å². The van der Waals surface area contributed by atoms with Gasteiger partial charge in [0.15, 0.2) is 0 Å². The second-order valence-electron chi connectivity index (χ2n) is 5.18. The molecule has 0 atom stereocenters. The van der Waals surface area contributed by atoms with Crippen molar-refractivity contribution in [1.82, 2.24) is 0 Å². The lowest BCUT2D eigenvalue weighted by atomic mass is 9.88. The number of allylic oxidation sites excluding steroid dienone is 2. The van der Waals surface area contributed by atoms with Gasteiger partial charge in [-0.15, -0.1) is 0 Å². The predicted octanol–water partition coefficient (Wildman–Crippen LogP) is 4.52. The fraction of sp³-hybridized carbons (Fsp3) is 0.786. The summed E-state index contributed by atoms with van der Waals surface area (Å²) >= 11 is 0. The maximum absolute atomic E-state index is 11.6. The molecule has 15 heavy (non-hydrogen) atoms. The van der Waals surface area contributed by atoms with Crippen LogP contribution in [-0.4, -0.2) is 5.78 Å². The van der Waals surface area contributed by atoms with E-state index < -0.39 is 0 Å². The molecule has 0 N–H and O–H groups in total. The fourth-order valence-corrected chi connectivity index (χ4v) is 1.34. The molecule has 0 aliphatic carbocycles. The highest BCUT2D eigenvalue weighted by molar-refractivity contribution is 5.83. The van der Waals surface area contributed by atoms with Gasteiger partial charge >= 0.3 is 0 Å². The zero-order valence-electron chi connectivity index (χ0n) is 10.8. The molecule has 0 rings (SSSR count). The van der Waals surface area contributed by atoms with Gasteiger partial charge in [-0.1, -0.05) is 52.7 Å². The van der Waals surface area contributed by atoms with E-state index in [2.05, 4.69) is 19.1 Å². The molecule has 0 spiro atoms. The smallest absolute Gasteiger partial charge is 0.138 e. The lowest BCUT2D eigenvalue weighted by molar-refractivity contribution is -0.126. The molecule has 0 aromatic rings. The quantitative estimate of drug-likeness (QED) is 0.446. The molecule has 0 saturated heterocycles. The molecule has 0 saturated carbocycles. The SMILES string of the molecule is CCCCC/C=C/CCC(=O)C(C)(C)C. The second kappa shape index (κ2) is 7.67. The number of carbonyl (C=O) groups excluding carboxylic acids is 1. The average Bonchev–Trinajstić information content (AvgIpc) is 2.14. The number of hydrogen-bond acceptors (Lipinski definition) is 1. The van der Waals surface area contributed by atoms with Crippen molar-refractivity contribution in [3.63, 3.8) is 0 Å². The van der Waals surface area contributed by atoms with Crippen LogP contribution in [0, 0.1) is 5.41 Å². The second-order valence-corrected chi connectivity index (χ2v) is 5.18. The third-order valence-electron chi connectivity index (χ3n) is 2.52. The number of carbonyl (C=O) groups is 1. The summed E-state index contributed by atoms with van der Waals surface area (Å²) in [6.07, 6.45) is 11.0. The van der Waals surface area contributed by atoms with Crippen LogP contribution in [0.4, 0.5) is 0 Å². The van der Waals surface area contributed by atoms with Crippen molar-refractivity contribution in [2.75, 3.05) is 0 Å². The Labute approximate surface area is 95.0 Å². The highest BCUT2D eigenvalue weighted by atomic mass is 16.1. The van der Waals surface area contributed by atoms with Crippen LogP contribution in [0.1, 0.15) is 66.2 Å². The molecule has 0 aromatic heterocycles. The summed E-state index contributed by atoms with van der Waals surface area (Å²) < 4.78 is 0. The minimum absolute atomic E-state index is 0.171. The predicted molar refractivity (Wildman–Crippen MR) is 67.0 cm³/mol. The van der Waals surface area contributed by atoms with Crippen LogP contribution in [0.2, 0.25) is 0 Å². The Bertz CT molecular complexity index is 196. The molecule has 0 bridgehead atoms. The monoisotopic (exact) mass is 210 g/mol. The topological polar surface area (TPSA) is 17.1 Å². The normalized spacial score (nSPS) is 12.3. The summed E-state index contributed by atoms with van der Waals surface area (Å²) in [6.45, 7) is 8.17. The summed E-state index contributed by atoms with van der Waals surface area (Å²) in [5, 5.41) is 0. The van der Waals surface area contributed by atoms with Crippen molar-refractivity contribution >= 4 is 5.78 Å². The minimum atomic E-state index is -0.171. The number of hydrogen-bond donors (Lipinski definition) is 0. The molecular formula is C14H26O. The first kappa shape index (κ1) is 14.4. The Morgan fingerprint density at radius 1 is 1.07 bits per heavy atom. The van der Waals surface area contributed by atoms with E-state index in [0.29, 0.717) is 12.2 Å². The van der Waals surface area contributed by atoms with E-state index in [4.69, 9.17) is 0 Å². The molecule has 1 heteroatoms. The highest BCUT2D eigenvalue weighted by Crippen LogP contribution is 2.17. The molecular weight excluding hydrogens is 184 g/mol. The van der Waals surface area contributed by atoms with Gasteiger partial charge in [0.2, 0.25) is 0 Å². The molecule has 0 aromatic carbocycles. The van der Waals surface area contributed by atoms with Crippen molar-refractivity contribution in [3.05, 3.63) is 12.2 Å². The van der Waals surface area contributed by atoms with E-state index in [1.54, 1.807) is 0 Å². The van der Waals surface area contributed by atoms with Gasteiger partial charge < -0.3 is 0 Å². The van der Waals surface area contributed by atoms with Crippen LogP contribution in [0.5, 0.6) is 0 Å². The zero-order chi connectivity index (χ0) is 11.7. The Balaban J connectivity index is 3.49. The number of rotatable bonds is 7. The van der Waals surface area contributed by atoms with E-state index in [0.717, 1.165) is 12.8 Å². The van der Waals surface area contributed by atoms with E-state index >= 15 is 0 Å². The average molecular weight is 210 g/mol. The zero-order valence-corrected chi connectivity index (χ0v) is 10.8. The maximum atomic E-state index is 11.6. The van der Waals surface area contributed by atoms with Crippen LogP contribution in [0.25, 0.3) is 0 Å². The van der Waals surface area contributed by atoms with Gasteiger partial charge in [-0.3, -0.25) is 4.79 Å². The molecule has 0 radical (unpaired) electrons. The Kier molecular flexibility index (Phi) is 7.37. The standard InChI is InChI=1S/C14H26O/c1-5-6-7-8-9-10-11-12-13(15)14(2,3)4/h9-10H,5-8,11-12H2,1-4H3/b10-9+. The number of Topliss-reactive ketones (excluding diaryl/α,β-unsaturated/α-hetero) is 1. The van der Waals surface area contributed by atoms with Crippen molar-refractivity contribution < 1.29 is 4.79 Å². The van der Waals surface area contributed by atoms with Crippen LogP contribution < -0.4 is 0 Å². The Morgan fingerprint density at radius 3 is 2.20 bits per heavy atom. The molecule has 0 amide bonds. The first-order chi connectivity index (χ1) is 6.98. The van der Waals surface area contributed by atoms with Crippen LogP contribution in [-0.2, 0) is 4.79 Å². The van der Waals surface area contributed by atoms with E-state index in [-0.39, 0.29) is 5.41 Å². The lowest BCUT2D eigenvalue weighted by Gasteiger charge is -2.15. The van der Waals surface area contributed by atoms with E-state index in [1.165, 1.54) is 19.3 Å². The van der Waals surface area contributed by atoms with Gasteiger partial charge in [-0.05, 0) is 19.3 Å². The highest BCUT2D eigenvalue weighted by Gasteiger charge is 2.19. The largest absolute Gasteiger partial charge is 0.299 e. The molecule has 0 aliphatic rings. The van der Waals surface area contributed by atoms with Crippen molar-refractivity contribution in [1.29, 1.82) is 0 Å². The van der Waals surface area contributed by atoms with Crippen molar-refractivity contribution in [2.45, 2.75) is 66.2 Å². The first-order valence-electron chi connectivity index (χ1n) is 6.16. The molecule has 0 unspecified atom stereocenters. The Hall–Kier alpha value is -0.590. The van der Waals surface area contributed by atoms with Crippen molar-refractivity contribution in [2.24, 2.45) is 5.41 Å². The first-order valence-corrected chi connectivity index (χ1v) is 6.16.